The van der Waals surface area contributed by atoms with Crippen molar-refractivity contribution in [1.82, 2.24) is 20.0 Å². The lowest BCUT2D eigenvalue weighted by Gasteiger charge is -2.57. The first-order valence-electron chi connectivity index (χ1n) is 19.2. The Morgan fingerprint density at radius 3 is 2.51 bits per heavy atom. The SMILES string of the molecule is C=C(/C(F)=C\C(C#N)=C/C)N1CC(CN2CCC([C@@](CN(C)C(CC)CCCC)(c3ccccc3)[C@@]3(N)C=C(CC)C[C@@H]3OC(=O)NC)CC2)C1. The Kier molecular flexibility index (Phi) is 14.5. The molecule has 1 aromatic rings. The maximum atomic E-state index is 14.8. The first-order valence-corrected chi connectivity index (χ1v) is 19.2. The fourth-order valence-corrected chi connectivity index (χ4v) is 8.95. The number of piperidine rings is 1. The van der Waals surface area contributed by atoms with E-state index >= 15 is 0 Å². The lowest BCUT2D eigenvalue weighted by atomic mass is 9.55. The highest BCUT2D eigenvalue weighted by Gasteiger charge is 2.61. The molecule has 2 heterocycles. The number of rotatable bonds is 17. The average molecular weight is 703 g/mol. The maximum Gasteiger partial charge on any atom is 0.407 e. The minimum absolute atomic E-state index is 0.244. The Bertz CT molecular complexity index is 1450. The van der Waals surface area contributed by atoms with Gasteiger partial charge < -0.3 is 30.5 Å². The Labute approximate surface area is 307 Å². The molecular formula is C42H63FN6O2. The van der Waals surface area contributed by atoms with Crippen molar-refractivity contribution >= 4 is 6.09 Å². The van der Waals surface area contributed by atoms with Gasteiger partial charge >= 0.3 is 6.09 Å². The van der Waals surface area contributed by atoms with Crippen LogP contribution in [0.15, 0.2) is 77.8 Å². The van der Waals surface area contributed by atoms with Gasteiger partial charge in [0.15, 0.2) is 0 Å². The quantitative estimate of drug-likeness (QED) is 0.0988. The number of nitriles is 1. The van der Waals surface area contributed by atoms with E-state index in [1.54, 1.807) is 20.0 Å². The normalized spacial score (nSPS) is 24.0. The standard InChI is InChI=1S/C42H63FN6O2/c1-8-12-18-37(11-4)47(7)30-41(35-16-14-13-15-17-35,42(45)25-32(9-2)24-39(42)51-40(50)46-6)36-19-21-48(22-20-36)27-34-28-49(29-34)31(5)38(43)23-33(10-3)26-44/h10,13-17,23,25,34,36-37,39H,5,8-9,11-12,18-22,24,27-30,45H2,1-4,6-7H3,(H,46,50)/b33-10+,38-23+/t37?,39-,41+,42+/m0/s1. The van der Waals surface area contributed by atoms with Gasteiger partial charge in [0.2, 0.25) is 0 Å². The summed E-state index contributed by atoms with van der Waals surface area (Å²) in [5.41, 5.74) is 9.53. The summed E-state index contributed by atoms with van der Waals surface area (Å²) in [6, 6.07) is 13.2. The van der Waals surface area contributed by atoms with Crippen molar-refractivity contribution < 1.29 is 13.9 Å². The largest absolute Gasteiger partial charge is 0.444 e. The molecular weight excluding hydrogens is 640 g/mol. The van der Waals surface area contributed by atoms with Gasteiger partial charge in [-0.2, -0.15) is 5.26 Å². The van der Waals surface area contributed by atoms with Crippen molar-refractivity contribution in [3.8, 4) is 6.07 Å². The van der Waals surface area contributed by atoms with E-state index in [0.29, 0.717) is 29.7 Å². The highest BCUT2D eigenvalue weighted by Crippen LogP contribution is 2.52. The molecule has 51 heavy (non-hydrogen) atoms. The molecule has 0 spiro atoms. The number of unbranched alkanes of at least 4 members (excludes halogenated alkanes) is 1. The van der Waals surface area contributed by atoms with E-state index in [4.69, 9.17) is 10.5 Å². The van der Waals surface area contributed by atoms with Crippen LogP contribution < -0.4 is 11.1 Å². The molecule has 4 atom stereocenters. The van der Waals surface area contributed by atoms with Crippen LogP contribution in [-0.4, -0.2) is 91.8 Å². The number of ether oxygens (including phenoxy) is 1. The lowest BCUT2D eigenvalue weighted by molar-refractivity contribution is -0.0163. The summed E-state index contributed by atoms with van der Waals surface area (Å²) < 4.78 is 21.0. The van der Waals surface area contributed by atoms with E-state index in [1.807, 2.05) is 11.0 Å². The van der Waals surface area contributed by atoms with Crippen LogP contribution in [-0.2, 0) is 10.2 Å². The van der Waals surface area contributed by atoms with Crippen LogP contribution in [0.2, 0.25) is 0 Å². The summed E-state index contributed by atoms with van der Waals surface area (Å²) in [6.45, 7) is 17.5. The fourth-order valence-electron chi connectivity index (χ4n) is 8.95. The fraction of sp³-hybridized carbons (Fsp3) is 0.619. The molecule has 2 fully saturated rings. The van der Waals surface area contributed by atoms with Gasteiger partial charge in [0.1, 0.15) is 11.9 Å². The molecule has 0 saturated carbocycles. The zero-order valence-electron chi connectivity index (χ0n) is 32.1. The van der Waals surface area contributed by atoms with Gasteiger partial charge in [-0.25, -0.2) is 9.18 Å². The molecule has 4 rings (SSSR count). The molecule has 1 unspecified atom stereocenters. The first-order chi connectivity index (χ1) is 24.5. The monoisotopic (exact) mass is 702 g/mol. The third-order valence-corrected chi connectivity index (χ3v) is 12.0. The number of nitrogens with zero attached hydrogens (tertiary/aromatic N) is 4. The third-order valence-electron chi connectivity index (χ3n) is 12.0. The van der Waals surface area contributed by atoms with Crippen molar-refractivity contribution in [2.45, 2.75) is 102 Å². The Morgan fingerprint density at radius 2 is 1.94 bits per heavy atom. The number of likely N-dealkylation sites (tertiary alicyclic amines) is 2. The number of likely N-dealkylation sites (N-methyl/N-ethyl adjacent to an activating group) is 1. The summed E-state index contributed by atoms with van der Waals surface area (Å²) in [4.78, 5) is 19.9. The van der Waals surface area contributed by atoms with Gasteiger partial charge in [0.25, 0.3) is 0 Å². The van der Waals surface area contributed by atoms with Gasteiger partial charge in [-0.15, -0.1) is 0 Å². The number of carbonyl (C=O) groups excluding carboxylic acids is 1. The second kappa shape index (κ2) is 18.3. The molecule has 280 valence electrons. The van der Waals surface area contributed by atoms with E-state index in [0.717, 1.165) is 77.8 Å². The summed E-state index contributed by atoms with van der Waals surface area (Å²) in [5.74, 6) is 0.217. The molecule has 0 aromatic heterocycles. The molecule has 9 heteroatoms. The molecule has 0 bridgehead atoms. The Morgan fingerprint density at radius 1 is 1.25 bits per heavy atom. The van der Waals surface area contributed by atoms with Crippen LogP contribution >= 0.6 is 0 Å². The second-order valence-corrected chi connectivity index (χ2v) is 15.0. The number of nitrogens with one attached hydrogen (secondary N) is 1. The number of halogens is 1. The summed E-state index contributed by atoms with van der Waals surface area (Å²) in [6.07, 6.45) is 12.2. The molecule has 1 amide bonds. The maximum absolute atomic E-state index is 14.8. The molecule has 3 aliphatic rings. The van der Waals surface area contributed by atoms with Gasteiger partial charge in [0.05, 0.1) is 22.9 Å². The third kappa shape index (κ3) is 8.96. The van der Waals surface area contributed by atoms with E-state index < -0.39 is 29.0 Å². The van der Waals surface area contributed by atoms with Gasteiger partial charge in [-0.05, 0) is 76.7 Å². The average Bonchev–Trinajstić information content (AvgIpc) is 3.46. The number of alkyl carbamates (subject to hydrolysis) is 1. The van der Waals surface area contributed by atoms with Crippen LogP contribution in [0.4, 0.5) is 9.18 Å². The van der Waals surface area contributed by atoms with Crippen molar-refractivity contribution in [3.63, 3.8) is 0 Å². The summed E-state index contributed by atoms with van der Waals surface area (Å²) in [7, 11) is 3.87. The Hall–Kier alpha value is -3.45. The van der Waals surface area contributed by atoms with E-state index in [1.165, 1.54) is 23.6 Å². The zero-order valence-corrected chi connectivity index (χ0v) is 32.1. The Balaban J connectivity index is 1.62. The van der Waals surface area contributed by atoms with Crippen molar-refractivity contribution in [3.05, 3.63) is 83.4 Å². The second-order valence-electron chi connectivity index (χ2n) is 15.0. The highest BCUT2D eigenvalue weighted by atomic mass is 19.1. The number of nitrogens with two attached hydrogens (primary N) is 1. The molecule has 3 N–H and O–H groups in total. The molecule has 1 aromatic carbocycles. The van der Waals surface area contributed by atoms with Crippen LogP contribution in [0.3, 0.4) is 0 Å². The summed E-state index contributed by atoms with van der Waals surface area (Å²) >= 11 is 0. The van der Waals surface area contributed by atoms with Crippen molar-refractivity contribution in [2.24, 2.45) is 17.6 Å². The van der Waals surface area contributed by atoms with Crippen molar-refractivity contribution in [2.75, 3.05) is 53.4 Å². The van der Waals surface area contributed by atoms with E-state index in [-0.39, 0.29) is 5.92 Å². The van der Waals surface area contributed by atoms with E-state index in [2.05, 4.69) is 85.9 Å². The summed E-state index contributed by atoms with van der Waals surface area (Å²) in [5, 5.41) is 11.9. The molecule has 0 radical (unpaired) electrons. The van der Waals surface area contributed by atoms with Gasteiger partial charge in [-0.3, -0.25) is 0 Å². The number of hydrogen-bond donors (Lipinski definition) is 2. The minimum atomic E-state index is -0.916. The number of benzene rings is 1. The molecule has 2 aliphatic heterocycles. The smallest absolute Gasteiger partial charge is 0.407 e. The number of allylic oxidation sites excluding steroid dienone is 4. The van der Waals surface area contributed by atoms with Gasteiger partial charge in [0, 0.05) is 57.0 Å². The zero-order chi connectivity index (χ0) is 37.2. The lowest BCUT2D eigenvalue weighted by Crippen LogP contribution is -2.70. The van der Waals surface area contributed by atoms with Crippen LogP contribution in [0.25, 0.3) is 0 Å². The molecule has 2 saturated heterocycles. The van der Waals surface area contributed by atoms with Gasteiger partial charge in [-0.1, -0.05) is 88.2 Å². The van der Waals surface area contributed by atoms with Crippen LogP contribution in [0.1, 0.15) is 84.6 Å². The van der Waals surface area contributed by atoms with Crippen LogP contribution in [0, 0.1) is 23.2 Å². The molecule has 1 aliphatic carbocycles. The highest BCUT2D eigenvalue weighted by molar-refractivity contribution is 5.67. The predicted octanol–water partition coefficient (Wildman–Crippen LogP) is 7.47. The van der Waals surface area contributed by atoms with Crippen molar-refractivity contribution in [1.29, 1.82) is 5.26 Å². The van der Waals surface area contributed by atoms with Crippen LogP contribution in [0.5, 0.6) is 0 Å². The minimum Gasteiger partial charge on any atom is -0.444 e. The van der Waals surface area contributed by atoms with E-state index in [9.17, 15) is 14.4 Å². The molecule has 8 nitrogen and oxygen atoms in total. The number of hydrogen-bond acceptors (Lipinski definition) is 7. The number of amides is 1. The predicted molar refractivity (Wildman–Crippen MR) is 206 cm³/mol. The number of carbonyl (C=O) groups is 1. The first kappa shape index (κ1) is 40.3. The topological polar surface area (TPSA) is 97.9 Å².